The molecule has 7 heteroatoms. The molecule has 2 aromatic rings. The SMILES string of the molecule is O=C(Nc1cc(F)c(F)c(C2CC2)c1NC1CC1)c1cncnc1. The van der Waals surface area contributed by atoms with Crippen LogP contribution in [0.4, 0.5) is 20.2 Å². The van der Waals surface area contributed by atoms with E-state index in [1.807, 2.05) is 0 Å². The van der Waals surface area contributed by atoms with Crippen LogP contribution in [0.5, 0.6) is 0 Å². The molecule has 0 aliphatic heterocycles. The molecule has 0 bridgehead atoms. The molecular weight excluding hydrogens is 314 g/mol. The van der Waals surface area contributed by atoms with E-state index in [0.717, 1.165) is 31.7 Å². The third-order valence-electron chi connectivity index (χ3n) is 4.24. The Balaban J connectivity index is 1.71. The summed E-state index contributed by atoms with van der Waals surface area (Å²) in [7, 11) is 0. The molecule has 4 rings (SSSR count). The van der Waals surface area contributed by atoms with Crippen molar-refractivity contribution in [1.29, 1.82) is 0 Å². The number of carbonyl (C=O) groups excluding carboxylic acids is 1. The topological polar surface area (TPSA) is 66.9 Å². The maximum Gasteiger partial charge on any atom is 0.258 e. The van der Waals surface area contributed by atoms with Gasteiger partial charge in [0.05, 0.1) is 16.9 Å². The predicted octanol–water partition coefficient (Wildman–Crippen LogP) is 3.46. The molecule has 1 aromatic heterocycles. The van der Waals surface area contributed by atoms with Crippen molar-refractivity contribution < 1.29 is 13.6 Å². The normalized spacial score (nSPS) is 16.8. The van der Waals surface area contributed by atoms with Gasteiger partial charge in [0.1, 0.15) is 6.33 Å². The maximum atomic E-state index is 14.3. The first kappa shape index (κ1) is 15.0. The smallest absolute Gasteiger partial charge is 0.258 e. The summed E-state index contributed by atoms with van der Waals surface area (Å²) in [6.45, 7) is 0. The lowest BCUT2D eigenvalue weighted by atomic mass is 10.0. The zero-order chi connectivity index (χ0) is 16.7. The lowest BCUT2D eigenvalue weighted by molar-refractivity contribution is 0.102. The molecule has 1 heterocycles. The van der Waals surface area contributed by atoms with Gasteiger partial charge in [-0.25, -0.2) is 18.7 Å². The second-order valence-corrected chi connectivity index (χ2v) is 6.28. The van der Waals surface area contributed by atoms with Crippen LogP contribution in [0.2, 0.25) is 0 Å². The van der Waals surface area contributed by atoms with Crippen LogP contribution < -0.4 is 10.6 Å². The van der Waals surface area contributed by atoms with Gasteiger partial charge in [-0.2, -0.15) is 0 Å². The molecule has 2 aliphatic carbocycles. The largest absolute Gasteiger partial charge is 0.380 e. The van der Waals surface area contributed by atoms with Crippen LogP contribution in [0.25, 0.3) is 0 Å². The van der Waals surface area contributed by atoms with Gasteiger partial charge in [-0.1, -0.05) is 0 Å². The highest BCUT2D eigenvalue weighted by atomic mass is 19.2. The molecule has 0 saturated heterocycles. The molecular formula is C17H16F2N4O. The van der Waals surface area contributed by atoms with Gasteiger partial charge >= 0.3 is 0 Å². The second-order valence-electron chi connectivity index (χ2n) is 6.28. The van der Waals surface area contributed by atoms with E-state index in [-0.39, 0.29) is 23.2 Å². The quantitative estimate of drug-likeness (QED) is 0.881. The van der Waals surface area contributed by atoms with Gasteiger partial charge in [0.25, 0.3) is 5.91 Å². The van der Waals surface area contributed by atoms with E-state index in [1.165, 1.54) is 18.7 Å². The van der Waals surface area contributed by atoms with Gasteiger partial charge in [-0.15, -0.1) is 0 Å². The Hall–Kier alpha value is -2.57. The number of hydrogen-bond donors (Lipinski definition) is 2. The molecule has 124 valence electrons. The minimum absolute atomic E-state index is 0.0117. The van der Waals surface area contributed by atoms with Crippen LogP contribution in [0.15, 0.2) is 24.8 Å². The third kappa shape index (κ3) is 2.93. The van der Waals surface area contributed by atoms with Gasteiger partial charge in [-0.3, -0.25) is 4.79 Å². The van der Waals surface area contributed by atoms with Gasteiger partial charge in [0.15, 0.2) is 11.6 Å². The van der Waals surface area contributed by atoms with Crippen molar-refractivity contribution in [2.75, 3.05) is 10.6 Å². The summed E-state index contributed by atoms with van der Waals surface area (Å²) in [6, 6.07) is 1.29. The van der Waals surface area contributed by atoms with Gasteiger partial charge in [0.2, 0.25) is 0 Å². The van der Waals surface area contributed by atoms with Crippen molar-refractivity contribution in [3.8, 4) is 0 Å². The first-order chi connectivity index (χ1) is 11.6. The van der Waals surface area contributed by atoms with Crippen molar-refractivity contribution in [3.63, 3.8) is 0 Å². The molecule has 0 radical (unpaired) electrons. The van der Waals surface area contributed by atoms with Crippen LogP contribution in [0.3, 0.4) is 0 Å². The average molecular weight is 330 g/mol. The number of aromatic nitrogens is 2. The minimum Gasteiger partial charge on any atom is -0.380 e. The van der Waals surface area contributed by atoms with E-state index >= 15 is 0 Å². The van der Waals surface area contributed by atoms with Crippen LogP contribution in [0, 0.1) is 11.6 Å². The Morgan fingerprint density at radius 2 is 1.83 bits per heavy atom. The molecule has 2 N–H and O–H groups in total. The number of rotatable bonds is 5. The number of nitrogens with one attached hydrogen (secondary N) is 2. The monoisotopic (exact) mass is 330 g/mol. The lowest BCUT2D eigenvalue weighted by Crippen LogP contribution is -2.17. The van der Waals surface area contributed by atoms with E-state index in [9.17, 15) is 13.6 Å². The number of benzene rings is 1. The fraction of sp³-hybridized carbons (Fsp3) is 0.353. The summed E-state index contributed by atoms with van der Waals surface area (Å²) < 4.78 is 28.4. The van der Waals surface area contributed by atoms with Gasteiger partial charge in [0, 0.05) is 30.1 Å². The fourth-order valence-corrected chi connectivity index (χ4v) is 2.70. The van der Waals surface area contributed by atoms with Gasteiger partial charge < -0.3 is 10.6 Å². The molecule has 1 amide bonds. The Morgan fingerprint density at radius 1 is 1.12 bits per heavy atom. The maximum absolute atomic E-state index is 14.3. The Kier molecular flexibility index (Phi) is 3.63. The second kappa shape index (κ2) is 5.81. The summed E-state index contributed by atoms with van der Waals surface area (Å²) in [5.74, 6) is -2.21. The van der Waals surface area contributed by atoms with E-state index in [1.54, 1.807) is 0 Å². The van der Waals surface area contributed by atoms with Crippen LogP contribution in [-0.4, -0.2) is 21.9 Å². The highest BCUT2D eigenvalue weighted by molar-refractivity contribution is 6.05. The van der Waals surface area contributed by atoms with Crippen molar-refractivity contribution in [2.24, 2.45) is 0 Å². The van der Waals surface area contributed by atoms with Crippen molar-refractivity contribution >= 4 is 17.3 Å². The molecule has 2 fully saturated rings. The number of halogens is 2. The summed E-state index contributed by atoms with van der Waals surface area (Å²) in [5.41, 5.74) is 1.37. The molecule has 0 spiro atoms. The molecule has 2 saturated carbocycles. The van der Waals surface area contributed by atoms with E-state index in [2.05, 4.69) is 20.6 Å². The van der Waals surface area contributed by atoms with Crippen molar-refractivity contribution in [2.45, 2.75) is 37.6 Å². The minimum atomic E-state index is -0.946. The summed E-state index contributed by atoms with van der Waals surface area (Å²) in [5, 5.41) is 5.91. The molecule has 5 nitrogen and oxygen atoms in total. The van der Waals surface area contributed by atoms with E-state index in [4.69, 9.17) is 0 Å². The highest BCUT2D eigenvalue weighted by Crippen LogP contribution is 2.48. The number of anilines is 2. The predicted molar refractivity (Wildman–Crippen MR) is 85.0 cm³/mol. The first-order valence-electron chi connectivity index (χ1n) is 7.98. The Bertz CT molecular complexity index is 789. The Labute approximate surface area is 137 Å². The molecule has 2 aliphatic rings. The van der Waals surface area contributed by atoms with E-state index < -0.39 is 17.5 Å². The highest BCUT2D eigenvalue weighted by Gasteiger charge is 2.34. The number of amides is 1. The Morgan fingerprint density at radius 3 is 2.46 bits per heavy atom. The molecule has 24 heavy (non-hydrogen) atoms. The molecule has 0 atom stereocenters. The van der Waals surface area contributed by atoms with Crippen LogP contribution >= 0.6 is 0 Å². The number of hydrogen-bond acceptors (Lipinski definition) is 4. The van der Waals surface area contributed by atoms with Gasteiger partial charge in [-0.05, 0) is 31.6 Å². The van der Waals surface area contributed by atoms with Crippen LogP contribution in [-0.2, 0) is 0 Å². The van der Waals surface area contributed by atoms with E-state index in [0.29, 0.717) is 11.3 Å². The number of carbonyl (C=O) groups is 1. The zero-order valence-electron chi connectivity index (χ0n) is 12.9. The van der Waals surface area contributed by atoms with Crippen molar-refractivity contribution in [1.82, 2.24) is 9.97 Å². The molecule has 0 unspecified atom stereocenters. The summed E-state index contributed by atoms with van der Waals surface area (Å²) in [4.78, 5) is 19.9. The zero-order valence-corrected chi connectivity index (χ0v) is 12.9. The summed E-state index contributed by atoms with van der Waals surface area (Å²) >= 11 is 0. The first-order valence-corrected chi connectivity index (χ1v) is 7.98. The fourth-order valence-electron chi connectivity index (χ4n) is 2.70. The number of nitrogens with zero attached hydrogens (tertiary/aromatic N) is 2. The van der Waals surface area contributed by atoms with Crippen molar-refractivity contribution in [3.05, 3.63) is 47.5 Å². The van der Waals surface area contributed by atoms with Crippen LogP contribution in [0.1, 0.15) is 47.5 Å². The summed E-state index contributed by atoms with van der Waals surface area (Å²) in [6.07, 6.45) is 7.71. The lowest BCUT2D eigenvalue weighted by Gasteiger charge is -2.18. The third-order valence-corrected chi connectivity index (χ3v) is 4.24. The average Bonchev–Trinajstić information content (AvgIpc) is 3.47. The standard InChI is InChI=1S/C17H16F2N4O/c18-12-5-13(23-17(24)10-6-20-8-21-7-10)16(22-11-3-4-11)14(15(12)19)9-1-2-9/h5-9,11,22H,1-4H2,(H,23,24). The molecule has 1 aromatic carbocycles.